The summed E-state index contributed by atoms with van der Waals surface area (Å²) in [6.45, 7) is 4.83. The van der Waals surface area contributed by atoms with Gasteiger partial charge >= 0.3 is 0 Å². The normalized spacial score (nSPS) is 12.4. The molecule has 0 aliphatic heterocycles. The fourth-order valence-corrected chi connectivity index (χ4v) is 1.63. The van der Waals surface area contributed by atoms with Gasteiger partial charge in [0.15, 0.2) is 0 Å². The van der Waals surface area contributed by atoms with Gasteiger partial charge in [0.05, 0.1) is 0 Å². The van der Waals surface area contributed by atoms with Crippen LogP contribution in [0.3, 0.4) is 0 Å². The lowest BCUT2D eigenvalue weighted by molar-refractivity contribution is -0.124. The van der Waals surface area contributed by atoms with Gasteiger partial charge in [-0.15, -0.1) is 0 Å². The van der Waals surface area contributed by atoms with E-state index in [1.54, 1.807) is 0 Å². The maximum absolute atomic E-state index is 11.7. The number of unbranched alkanes of at least 4 members (excludes halogenated alkanes) is 1. The van der Waals surface area contributed by atoms with Gasteiger partial charge in [0.2, 0.25) is 5.91 Å². The molecule has 2 N–H and O–H groups in total. The monoisotopic (exact) mass is 238 g/mol. The Morgan fingerprint density at radius 3 is 3.00 bits per heavy atom. The molecule has 0 radical (unpaired) electrons. The van der Waals surface area contributed by atoms with Crippen molar-refractivity contribution in [1.82, 2.24) is 20.5 Å². The molecule has 96 valence electrons. The van der Waals surface area contributed by atoms with E-state index in [4.69, 9.17) is 0 Å². The average molecular weight is 238 g/mol. The molecule has 5 heteroatoms. The number of hydrogen-bond donors (Lipinski definition) is 2. The fourth-order valence-electron chi connectivity index (χ4n) is 1.63. The Hall–Kier alpha value is -1.39. The average Bonchev–Trinajstić information content (AvgIpc) is 2.84. The quantitative estimate of drug-likeness (QED) is 0.677. The van der Waals surface area contributed by atoms with Crippen molar-refractivity contribution in [3.05, 3.63) is 12.2 Å². The van der Waals surface area contributed by atoms with Crippen LogP contribution in [0.2, 0.25) is 0 Å². The van der Waals surface area contributed by atoms with Crippen LogP contribution < -0.4 is 5.32 Å². The van der Waals surface area contributed by atoms with Gasteiger partial charge in [-0.25, -0.2) is 4.98 Å². The number of aromatic amines is 1. The number of aromatic nitrogens is 3. The van der Waals surface area contributed by atoms with E-state index in [9.17, 15) is 4.79 Å². The summed E-state index contributed by atoms with van der Waals surface area (Å²) >= 11 is 0. The number of aryl methyl sites for hydroxylation is 1. The van der Waals surface area contributed by atoms with Crippen molar-refractivity contribution in [2.45, 2.75) is 46.0 Å². The summed E-state index contributed by atoms with van der Waals surface area (Å²) in [6, 6.07) is 0. The van der Waals surface area contributed by atoms with E-state index in [1.165, 1.54) is 6.33 Å². The van der Waals surface area contributed by atoms with Gasteiger partial charge in [0.25, 0.3) is 0 Å². The molecule has 0 fully saturated rings. The molecule has 17 heavy (non-hydrogen) atoms. The van der Waals surface area contributed by atoms with Crippen LogP contribution in [0.15, 0.2) is 6.33 Å². The molecule has 1 aromatic rings. The Bertz CT molecular complexity index is 310. The van der Waals surface area contributed by atoms with Crippen molar-refractivity contribution in [1.29, 1.82) is 0 Å². The molecular formula is C12H22N4O. The van der Waals surface area contributed by atoms with E-state index >= 15 is 0 Å². The van der Waals surface area contributed by atoms with Crippen molar-refractivity contribution >= 4 is 5.91 Å². The standard InChI is InChI=1S/C12H22N4O/c1-3-4-6-10(2)12(17)13-8-5-7-11-14-9-15-16-11/h9-10H,3-8H2,1-2H3,(H,13,17)(H,14,15,16). The van der Waals surface area contributed by atoms with Crippen LogP contribution in [0.4, 0.5) is 0 Å². The van der Waals surface area contributed by atoms with Crippen molar-refractivity contribution < 1.29 is 4.79 Å². The minimum atomic E-state index is 0.125. The van der Waals surface area contributed by atoms with E-state index in [0.717, 1.165) is 37.9 Å². The van der Waals surface area contributed by atoms with Gasteiger partial charge in [0.1, 0.15) is 12.2 Å². The number of hydrogen-bond acceptors (Lipinski definition) is 3. The Labute approximate surface area is 102 Å². The lowest BCUT2D eigenvalue weighted by atomic mass is 10.0. The molecule has 1 heterocycles. The van der Waals surface area contributed by atoms with Gasteiger partial charge in [0, 0.05) is 18.9 Å². The Balaban J connectivity index is 2.07. The highest BCUT2D eigenvalue weighted by Crippen LogP contribution is 2.07. The van der Waals surface area contributed by atoms with Crippen LogP contribution >= 0.6 is 0 Å². The molecule has 0 spiro atoms. The van der Waals surface area contributed by atoms with Crippen LogP contribution in [0.5, 0.6) is 0 Å². The number of carbonyl (C=O) groups excluding carboxylic acids is 1. The minimum absolute atomic E-state index is 0.125. The van der Waals surface area contributed by atoms with Gasteiger partial charge in [-0.2, -0.15) is 5.10 Å². The Morgan fingerprint density at radius 1 is 1.53 bits per heavy atom. The van der Waals surface area contributed by atoms with Crippen LogP contribution in [0.1, 0.15) is 45.4 Å². The summed E-state index contributed by atoms with van der Waals surface area (Å²) in [7, 11) is 0. The predicted molar refractivity (Wildman–Crippen MR) is 66.4 cm³/mol. The van der Waals surface area contributed by atoms with Crippen molar-refractivity contribution in [2.24, 2.45) is 5.92 Å². The first-order valence-corrected chi connectivity index (χ1v) is 6.36. The minimum Gasteiger partial charge on any atom is -0.356 e. The smallest absolute Gasteiger partial charge is 0.222 e. The lowest BCUT2D eigenvalue weighted by Gasteiger charge is -2.11. The SMILES string of the molecule is CCCCC(C)C(=O)NCCCc1ncn[nH]1. The molecule has 0 aliphatic rings. The topological polar surface area (TPSA) is 70.7 Å². The number of H-pyrrole nitrogens is 1. The Kier molecular flexibility index (Phi) is 6.29. The molecule has 1 atom stereocenters. The summed E-state index contributed by atoms with van der Waals surface area (Å²) < 4.78 is 0. The highest BCUT2D eigenvalue weighted by atomic mass is 16.1. The number of nitrogens with zero attached hydrogens (tertiary/aromatic N) is 2. The summed E-state index contributed by atoms with van der Waals surface area (Å²) in [4.78, 5) is 15.7. The second-order valence-corrected chi connectivity index (χ2v) is 4.37. The van der Waals surface area contributed by atoms with Crippen molar-refractivity contribution in [2.75, 3.05) is 6.54 Å². The van der Waals surface area contributed by atoms with Crippen molar-refractivity contribution in [3.63, 3.8) is 0 Å². The summed E-state index contributed by atoms with van der Waals surface area (Å²) in [5, 5.41) is 9.53. The molecule has 1 amide bonds. The zero-order chi connectivity index (χ0) is 12.5. The van der Waals surface area contributed by atoms with E-state index < -0.39 is 0 Å². The molecule has 5 nitrogen and oxygen atoms in total. The predicted octanol–water partition coefficient (Wildman–Crippen LogP) is 1.68. The third-order valence-electron chi connectivity index (χ3n) is 2.79. The largest absolute Gasteiger partial charge is 0.356 e. The molecule has 0 saturated carbocycles. The zero-order valence-electron chi connectivity index (χ0n) is 10.7. The highest BCUT2D eigenvalue weighted by molar-refractivity contribution is 5.78. The molecule has 0 aromatic carbocycles. The van der Waals surface area contributed by atoms with Crippen LogP contribution in [0, 0.1) is 5.92 Å². The van der Waals surface area contributed by atoms with Crippen LogP contribution in [-0.4, -0.2) is 27.6 Å². The molecule has 1 unspecified atom stereocenters. The van der Waals surface area contributed by atoms with E-state index in [0.29, 0.717) is 6.54 Å². The third-order valence-corrected chi connectivity index (χ3v) is 2.79. The van der Waals surface area contributed by atoms with Gasteiger partial charge < -0.3 is 5.32 Å². The number of nitrogens with one attached hydrogen (secondary N) is 2. The number of amides is 1. The van der Waals surface area contributed by atoms with E-state index in [-0.39, 0.29) is 11.8 Å². The molecule has 1 aromatic heterocycles. The summed E-state index contributed by atoms with van der Waals surface area (Å²) in [5.74, 6) is 1.16. The van der Waals surface area contributed by atoms with Gasteiger partial charge in [-0.05, 0) is 12.8 Å². The number of carbonyl (C=O) groups is 1. The maximum atomic E-state index is 11.7. The zero-order valence-corrected chi connectivity index (χ0v) is 10.7. The van der Waals surface area contributed by atoms with Crippen LogP contribution in [0.25, 0.3) is 0 Å². The van der Waals surface area contributed by atoms with E-state index in [1.807, 2.05) is 6.92 Å². The molecule has 1 rings (SSSR count). The van der Waals surface area contributed by atoms with Gasteiger partial charge in [-0.1, -0.05) is 26.7 Å². The Morgan fingerprint density at radius 2 is 2.35 bits per heavy atom. The summed E-state index contributed by atoms with van der Waals surface area (Å²) in [6.07, 6.45) is 6.45. The lowest BCUT2D eigenvalue weighted by Crippen LogP contribution is -2.30. The van der Waals surface area contributed by atoms with Crippen LogP contribution in [-0.2, 0) is 11.2 Å². The first-order valence-electron chi connectivity index (χ1n) is 6.36. The molecular weight excluding hydrogens is 216 g/mol. The first kappa shape index (κ1) is 13.7. The first-order chi connectivity index (χ1) is 8.24. The summed E-state index contributed by atoms with van der Waals surface area (Å²) in [5.41, 5.74) is 0. The number of rotatable bonds is 8. The second-order valence-electron chi connectivity index (χ2n) is 4.37. The molecule has 0 saturated heterocycles. The molecule has 0 bridgehead atoms. The fraction of sp³-hybridized carbons (Fsp3) is 0.750. The van der Waals surface area contributed by atoms with E-state index in [2.05, 4.69) is 27.4 Å². The molecule has 0 aliphatic carbocycles. The maximum Gasteiger partial charge on any atom is 0.222 e. The second kappa shape index (κ2) is 7.81. The van der Waals surface area contributed by atoms with Crippen molar-refractivity contribution in [3.8, 4) is 0 Å². The third kappa shape index (κ3) is 5.47. The highest BCUT2D eigenvalue weighted by Gasteiger charge is 2.10. The van der Waals surface area contributed by atoms with Gasteiger partial charge in [-0.3, -0.25) is 9.89 Å².